The molecule has 110 valence electrons. The van der Waals surface area contributed by atoms with Crippen LogP contribution in [0.15, 0.2) is 30.3 Å². The molecule has 1 fully saturated rings. The minimum atomic E-state index is -0.0262. The number of hydrogen-bond donors (Lipinski definition) is 1. The average Bonchev–Trinajstić information content (AvgIpc) is 3.04. The molecular weight excluding hydrogens is 286 g/mol. The molecule has 7 heteroatoms. The van der Waals surface area contributed by atoms with E-state index in [2.05, 4.69) is 32.5 Å². The molecule has 1 amide bonds. The Morgan fingerprint density at radius 3 is 2.48 bits per heavy atom. The third-order valence-electron chi connectivity index (χ3n) is 3.51. The van der Waals surface area contributed by atoms with Gasteiger partial charge in [-0.1, -0.05) is 29.5 Å². The lowest BCUT2D eigenvalue weighted by molar-refractivity contribution is 0.0745. The van der Waals surface area contributed by atoms with Gasteiger partial charge in [0, 0.05) is 38.9 Å². The molecule has 1 aromatic heterocycles. The molecule has 1 aliphatic heterocycles. The summed E-state index contributed by atoms with van der Waals surface area (Å²) in [5, 5.41) is 11.9. The first-order valence-corrected chi connectivity index (χ1v) is 7.70. The lowest BCUT2D eigenvalue weighted by Crippen LogP contribution is -2.48. The second kappa shape index (κ2) is 6.09. The molecule has 6 nitrogen and oxygen atoms in total. The normalized spacial score (nSPS) is 15.1. The van der Waals surface area contributed by atoms with Gasteiger partial charge in [-0.15, -0.1) is 10.2 Å². The lowest BCUT2D eigenvalue weighted by Gasteiger charge is -2.35. The van der Waals surface area contributed by atoms with Crippen molar-refractivity contribution < 1.29 is 4.79 Å². The highest BCUT2D eigenvalue weighted by molar-refractivity contribution is 7.17. The van der Waals surface area contributed by atoms with Crippen LogP contribution in [0.3, 0.4) is 0 Å². The summed E-state index contributed by atoms with van der Waals surface area (Å²) in [6.45, 7) is 3.10. The molecule has 0 atom stereocenters. The Labute approximate surface area is 127 Å². The summed E-state index contributed by atoms with van der Waals surface area (Å²) >= 11 is 1.29. The zero-order valence-electron chi connectivity index (χ0n) is 11.8. The molecule has 21 heavy (non-hydrogen) atoms. The zero-order valence-corrected chi connectivity index (χ0v) is 12.6. The SMILES string of the molecule is CNc1nnc(C(=O)N2CCN(c3ccccc3)CC2)s1. The largest absolute Gasteiger partial charge is 0.368 e. The summed E-state index contributed by atoms with van der Waals surface area (Å²) in [4.78, 5) is 16.5. The Balaban J connectivity index is 1.61. The zero-order chi connectivity index (χ0) is 14.7. The van der Waals surface area contributed by atoms with Gasteiger partial charge in [-0.25, -0.2) is 0 Å². The molecule has 1 aromatic carbocycles. The van der Waals surface area contributed by atoms with Crippen molar-refractivity contribution in [1.29, 1.82) is 0 Å². The van der Waals surface area contributed by atoms with Gasteiger partial charge >= 0.3 is 0 Å². The standard InChI is InChI=1S/C14H17N5OS/c1-15-14-17-16-12(21-14)13(20)19-9-7-18(8-10-19)11-5-3-2-4-6-11/h2-6H,7-10H2,1H3,(H,15,17). The average molecular weight is 303 g/mol. The Kier molecular flexibility index (Phi) is 4.01. The number of anilines is 2. The van der Waals surface area contributed by atoms with Crippen LogP contribution in [-0.4, -0.2) is 54.2 Å². The monoisotopic (exact) mass is 303 g/mol. The summed E-state index contributed by atoms with van der Waals surface area (Å²) in [6.07, 6.45) is 0. The second-order valence-electron chi connectivity index (χ2n) is 4.78. The van der Waals surface area contributed by atoms with Gasteiger partial charge in [0.25, 0.3) is 5.91 Å². The molecular formula is C14H17N5OS. The van der Waals surface area contributed by atoms with Gasteiger partial charge in [0.05, 0.1) is 0 Å². The van der Waals surface area contributed by atoms with E-state index in [1.165, 1.54) is 17.0 Å². The molecule has 0 unspecified atom stereocenters. The van der Waals surface area contributed by atoms with E-state index in [-0.39, 0.29) is 5.91 Å². The number of carbonyl (C=O) groups excluding carboxylic acids is 1. The van der Waals surface area contributed by atoms with Gasteiger partial charge in [0.15, 0.2) is 0 Å². The number of aromatic nitrogens is 2. The van der Waals surface area contributed by atoms with E-state index in [4.69, 9.17) is 0 Å². The third kappa shape index (κ3) is 2.97. The number of rotatable bonds is 3. The van der Waals surface area contributed by atoms with Crippen molar-refractivity contribution in [2.75, 3.05) is 43.4 Å². The van der Waals surface area contributed by atoms with Crippen LogP contribution >= 0.6 is 11.3 Å². The topological polar surface area (TPSA) is 61.4 Å². The fourth-order valence-electron chi connectivity index (χ4n) is 2.35. The van der Waals surface area contributed by atoms with E-state index < -0.39 is 0 Å². The van der Waals surface area contributed by atoms with E-state index >= 15 is 0 Å². The summed E-state index contributed by atoms with van der Waals surface area (Å²) < 4.78 is 0. The smallest absolute Gasteiger partial charge is 0.285 e. The van der Waals surface area contributed by atoms with Crippen molar-refractivity contribution in [3.8, 4) is 0 Å². The predicted octanol–water partition coefficient (Wildman–Crippen LogP) is 1.54. The maximum Gasteiger partial charge on any atom is 0.285 e. The van der Waals surface area contributed by atoms with Crippen molar-refractivity contribution >= 4 is 28.1 Å². The van der Waals surface area contributed by atoms with E-state index in [1.54, 1.807) is 7.05 Å². The summed E-state index contributed by atoms with van der Waals surface area (Å²) in [5.41, 5.74) is 1.21. The van der Waals surface area contributed by atoms with Crippen LogP contribution in [0.25, 0.3) is 0 Å². The van der Waals surface area contributed by atoms with Gasteiger partial charge in [-0.05, 0) is 12.1 Å². The number of benzene rings is 1. The van der Waals surface area contributed by atoms with Crippen molar-refractivity contribution in [2.24, 2.45) is 0 Å². The summed E-state index contributed by atoms with van der Waals surface area (Å²) in [6, 6.07) is 10.3. The maximum absolute atomic E-state index is 12.4. The summed E-state index contributed by atoms with van der Waals surface area (Å²) in [7, 11) is 1.77. The maximum atomic E-state index is 12.4. The second-order valence-corrected chi connectivity index (χ2v) is 5.75. The Morgan fingerprint density at radius 1 is 1.14 bits per heavy atom. The summed E-state index contributed by atoms with van der Waals surface area (Å²) in [5.74, 6) is -0.0262. The molecule has 0 saturated carbocycles. The van der Waals surface area contributed by atoms with Gasteiger partial charge in [0.2, 0.25) is 10.1 Å². The third-order valence-corrected chi connectivity index (χ3v) is 4.44. The van der Waals surface area contributed by atoms with E-state index in [1.807, 2.05) is 23.1 Å². The van der Waals surface area contributed by atoms with E-state index in [0.717, 1.165) is 13.1 Å². The van der Waals surface area contributed by atoms with E-state index in [9.17, 15) is 4.79 Å². The Hall–Kier alpha value is -2.15. The van der Waals surface area contributed by atoms with Gasteiger partial charge in [-0.3, -0.25) is 4.79 Å². The minimum Gasteiger partial charge on any atom is -0.368 e. The number of nitrogens with zero attached hydrogens (tertiary/aromatic N) is 4. The van der Waals surface area contributed by atoms with Crippen molar-refractivity contribution in [1.82, 2.24) is 15.1 Å². The first-order chi connectivity index (χ1) is 10.3. The highest BCUT2D eigenvalue weighted by Gasteiger charge is 2.24. The van der Waals surface area contributed by atoms with Gasteiger partial charge < -0.3 is 15.1 Å². The van der Waals surface area contributed by atoms with E-state index in [0.29, 0.717) is 23.2 Å². The molecule has 1 saturated heterocycles. The first-order valence-electron chi connectivity index (χ1n) is 6.88. The molecule has 0 aliphatic carbocycles. The quantitative estimate of drug-likeness (QED) is 0.932. The molecule has 2 aromatic rings. The number of para-hydroxylation sites is 1. The van der Waals surface area contributed by atoms with Crippen LogP contribution in [0, 0.1) is 0 Å². The van der Waals surface area contributed by atoms with Crippen LogP contribution in [0.2, 0.25) is 0 Å². The van der Waals surface area contributed by atoms with Crippen LogP contribution in [0.1, 0.15) is 9.80 Å². The highest BCUT2D eigenvalue weighted by Crippen LogP contribution is 2.19. The van der Waals surface area contributed by atoms with Crippen LogP contribution in [0.4, 0.5) is 10.8 Å². The number of hydrogen-bond acceptors (Lipinski definition) is 6. The van der Waals surface area contributed by atoms with Gasteiger partial charge in [0.1, 0.15) is 0 Å². The van der Waals surface area contributed by atoms with Crippen LogP contribution in [-0.2, 0) is 0 Å². The number of nitrogens with one attached hydrogen (secondary N) is 1. The minimum absolute atomic E-state index is 0.0262. The predicted molar refractivity (Wildman–Crippen MR) is 84.0 cm³/mol. The Morgan fingerprint density at radius 2 is 1.86 bits per heavy atom. The number of carbonyl (C=O) groups is 1. The lowest BCUT2D eigenvalue weighted by atomic mass is 10.2. The molecule has 1 aliphatic rings. The molecule has 2 heterocycles. The Bertz CT molecular complexity index is 607. The molecule has 0 spiro atoms. The number of amides is 1. The molecule has 0 bridgehead atoms. The molecule has 0 radical (unpaired) electrons. The first kappa shape index (κ1) is 13.8. The number of piperazine rings is 1. The fraction of sp³-hybridized carbons (Fsp3) is 0.357. The van der Waals surface area contributed by atoms with Crippen LogP contribution in [0.5, 0.6) is 0 Å². The van der Waals surface area contributed by atoms with Crippen molar-refractivity contribution in [3.63, 3.8) is 0 Å². The molecule has 3 rings (SSSR count). The van der Waals surface area contributed by atoms with Crippen molar-refractivity contribution in [3.05, 3.63) is 35.3 Å². The highest BCUT2D eigenvalue weighted by atomic mass is 32.1. The van der Waals surface area contributed by atoms with Crippen molar-refractivity contribution in [2.45, 2.75) is 0 Å². The molecule has 1 N–H and O–H groups in total. The van der Waals surface area contributed by atoms with Crippen LogP contribution < -0.4 is 10.2 Å². The van der Waals surface area contributed by atoms with Gasteiger partial charge in [-0.2, -0.15) is 0 Å². The fourth-order valence-corrected chi connectivity index (χ4v) is 3.02.